The highest BCUT2D eigenvalue weighted by Gasteiger charge is 2.04. The fraction of sp³-hybridized carbons (Fsp3) is 0.850. The van der Waals surface area contributed by atoms with Crippen molar-refractivity contribution in [1.82, 2.24) is 0 Å². The molecule has 0 aromatic rings. The van der Waals surface area contributed by atoms with Crippen LogP contribution in [-0.4, -0.2) is 35.5 Å². The van der Waals surface area contributed by atoms with E-state index in [1.165, 1.54) is 76.7 Å². The highest BCUT2D eigenvalue weighted by molar-refractivity contribution is 5.81. The average Bonchev–Trinajstić information content (AvgIpc) is 2.59. The van der Waals surface area contributed by atoms with Crippen molar-refractivity contribution in [2.75, 3.05) is 13.2 Å². The van der Waals surface area contributed by atoms with E-state index in [-0.39, 0.29) is 6.61 Å². The number of hydrogen-bond acceptors (Lipinski definition) is 4. The normalized spacial score (nSPS) is 12.6. The van der Waals surface area contributed by atoms with E-state index in [4.69, 9.17) is 14.9 Å². The summed E-state index contributed by atoms with van der Waals surface area (Å²) in [6.45, 7) is 1.71. The lowest BCUT2D eigenvalue weighted by Gasteiger charge is -2.06. The monoisotopic (exact) mass is 342 g/mol. The third-order valence-electron chi connectivity index (χ3n) is 4.11. The number of aliphatic hydroxyl groups is 2. The number of aliphatic hydroxyl groups excluding tert-OH is 2. The van der Waals surface area contributed by atoms with Crippen molar-refractivity contribution >= 4 is 5.97 Å². The van der Waals surface area contributed by atoms with Crippen LogP contribution in [0.25, 0.3) is 0 Å². The Morgan fingerprint density at radius 2 is 1.42 bits per heavy atom. The molecular weight excluding hydrogens is 304 g/mol. The lowest BCUT2D eigenvalue weighted by Crippen LogP contribution is -2.21. The Morgan fingerprint density at radius 1 is 0.917 bits per heavy atom. The van der Waals surface area contributed by atoms with Crippen molar-refractivity contribution in [3.05, 3.63) is 12.2 Å². The molecule has 4 nitrogen and oxygen atoms in total. The second-order valence-corrected chi connectivity index (χ2v) is 6.55. The molecule has 0 amide bonds. The van der Waals surface area contributed by atoms with E-state index in [2.05, 4.69) is 6.92 Å². The molecule has 0 saturated carbocycles. The summed E-state index contributed by atoms with van der Waals surface area (Å²) in [7, 11) is 0. The van der Waals surface area contributed by atoms with Gasteiger partial charge in [0.2, 0.25) is 0 Å². The molecule has 1 atom stereocenters. The van der Waals surface area contributed by atoms with Gasteiger partial charge >= 0.3 is 5.97 Å². The molecule has 0 aliphatic heterocycles. The van der Waals surface area contributed by atoms with Gasteiger partial charge in [0.25, 0.3) is 0 Å². The zero-order valence-electron chi connectivity index (χ0n) is 15.5. The maximum absolute atomic E-state index is 11.3. The number of rotatable bonds is 17. The predicted molar refractivity (Wildman–Crippen MR) is 98.9 cm³/mol. The molecule has 2 N–H and O–H groups in total. The van der Waals surface area contributed by atoms with E-state index in [0.29, 0.717) is 0 Å². The lowest BCUT2D eigenvalue weighted by atomic mass is 10.0. The van der Waals surface area contributed by atoms with E-state index >= 15 is 0 Å². The zero-order valence-corrected chi connectivity index (χ0v) is 15.5. The topological polar surface area (TPSA) is 66.8 Å². The van der Waals surface area contributed by atoms with Crippen LogP contribution in [0.2, 0.25) is 0 Å². The molecule has 0 spiro atoms. The fourth-order valence-corrected chi connectivity index (χ4v) is 2.56. The van der Waals surface area contributed by atoms with Gasteiger partial charge in [-0.25, -0.2) is 4.79 Å². The SMILES string of the molecule is CCCCCCCCCCCCCCC=CC(=O)OC[C@H](O)CO. The van der Waals surface area contributed by atoms with Gasteiger partial charge in [-0.2, -0.15) is 0 Å². The molecule has 0 aromatic carbocycles. The summed E-state index contributed by atoms with van der Waals surface area (Å²) in [5.74, 6) is -0.457. The number of allylic oxidation sites excluding steroid dienone is 1. The van der Waals surface area contributed by atoms with Gasteiger partial charge in [-0.15, -0.1) is 0 Å². The average molecular weight is 343 g/mol. The van der Waals surface area contributed by atoms with Gasteiger partial charge in [0.15, 0.2) is 0 Å². The minimum Gasteiger partial charge on any atom is -0.460 e. The van der Waals surface area contributed by atoms with E-state index in [1.807, 2.05) is 6.08 Å². The Morgan fingerprint density at radius 3 is 1.92 bits per heavy atom. The third kappa shape index (κ3) is 17.5. The number of ether oxygens (including phenoxy) is 1. The van der Waals surface area contributed by atoms with E-state index in [9.17, 15) is 4.79 Å². The van der Waals surface area contributed by atoms with Crippen molar-refractivity contribution in [1.29, 1.82) is 0 Å². The summed E-state index contributed by atoms with van der Waals surface area (Å²) in [6, 6.07) is 0. The molecule has 0 aromatic heterocycles. The van der Waals surface area contributed by atoms with Crippen molar-refractivity contribution in [3.63, 3.8) is 0 Å². The van der Waals surface area contributed by atoms with Crippen LogP contribution in [0.15, 0.2) is 12.2 Å². The Hall–Kier alpha value is -0.870. The second kappa shape index (κ2) is 18.5. The number of unbranched alkanes of at least 4 members (excludes halogenated alkanes) is 12. The summed E-state index contributed by atoms with van der Waals surface area (Å²) in [5.41, 5.74) is 0. The van der Waals surface area contributed by atoms with Gasteiger partial charge in [0.05, 0.1) is 6.61 Å². The molecule has 0 radical (unpaired) electrons. The Balaban J connectivity index is 3.24. The summed E-state index contributed by atoms with van der Waals surface area (Å²) >= 11 is 0. The molecule has 4 heteroatoms. The standard InChI is InChI=1S/C20H38O4/c1-2-3-4-5-6-7-8-9-10-11-12-13-14-15-16-20(23)24-18-19(22)17-21/h15-16,19,21-22H,2-14,17-18H2,1H3/t19-/m1/s1. The predicted octanol–water partition coefficient (Wildman–Crippen LogP) is 4.53. The smallest absolute Gasteiger partial charge is 0.330 e. The van der Waals surface area contributed by atoms with E-state index in [1.54, 1.807) is 0 Å². The molecular formula is C20H38O4. The minimum atomic E-state index is -0.987. The van der Waals surface area contributed by atoms with Gasteiger partial charge in [0.1, 0.15) is 12.7 Å². The summed E-state index contributed by atoms with van der Waals surface area (Å²) in [5, 5.41) is 17.6. The van der Waals surface area contributed by atoms with Crippen LogP contribution in [0.3, 0.4) is 0 Å². The number of hydrogen-bond donors (Lipinski definition) is 2. The highest BCUT2D eigenvalue weighted by Crippen LogP contribution is 2.12. The first kappa shape index (κ1) is 23.1. The van der Waals surface area contributed by atoms with E-state index < -0.39 is 18.7 Å². The Bertz CT molecular complexity index is 302. The number of carbonyl (C=O) groups excluding carboxylic acids is 1. The third-order valence-corrected chi connectivity index (χ3v) is 4.11. The molecule has 24 heavy (non-hydrogen) atoms. The van der Waals surface area contributed by atoms with Gasteiger partial charge in [-0.1, -0.05) is 83.6 Å². The molecule has 0 bridgehead atoms. The van der Waals surface area contributed by atoms with Crippen LogP contribution in [-0.2, 0) is 9.53 Å². The van der Waals surface area contributed by atoms with Crippen LogP contribution < -0.4 is 0 Å². The molecule has 0 aliphatic carbocycles. The van der Waals surface area contributed by atoms with Gasteiger partial charge in [-0.3, -0.25) is 0 Å². The minimum absolute atomic E-state index is 0.154. The molecule has 0 fully saturated rings. The van der Waals surface area contributed by atoms with Crippen molar-refractivity contribution in [3.8, 4) is 0 Å². The quantitative estimate of drug-likeness (QED) is 0.231. The first-order valence-corrected chi connectivity index (χ1v) is 9.83. The highest BCUT2D eigenvalue weighted by atomic mass is 16.5. The van der Waals surface area contributed by atoms with Gasteiger partial charge < -0.3 is 14.9 Å². The molecule has 0 heterocycles. The van der Waals surface area contributed by atoms with Crippen molar-refractivity contribution in [2.24, 2.45) is 0 Å². The fourth-order valence-electron chi connectivity index (χ4n) is 2.56. The summed E-state index contributed by atoms with van der Waals surface area (Å²) < 4.78 is 4.77. The van der Waals surface area contributed by atoms with Crippen LogP contribution in [0.1, 0.15) is 90.4 Å². The van der Waals surface area contributed by atoms with Crippen molar-refractivity contribution < 1.29 is 19.7 Å². The Labute approximate surface area is 148 Å². The molecule has 0 rings (SSSR count). The van der Waals surface area contributed by atoms with Crippen LogP contribution in [0.4, 0.5) is 0 Å². The lowest BCUT2D eigenvalue weighted by molar-refractivity contribution is -0.141. The van der Waals surface area contributed by atoms with E-state index in [0.717, 1.165) is 12.8 Å². The van der Waals surface area contributed by atoms with Gasteiger partial charge in [-0.05, 0) is 12.8 Å². The molecule has 0 unspecified atom stereocenters. The zero-order chi connectivity index (χ0) is 17.9. The maximum Gasteiger partial charge on any atom is 0.330 e. The number of carbonyl (C=O) groups is 1. The van der Waals surface area contributed by atoms with Crippen molar-refractivity contribution in [2.45, 2.75) is 96.5 Å². The first-order valence-electron chi connectivity index (χ1n) is 9.83. The molecule has 0 aliphatic rings. The van der Waals surface area contributed by atoms with Crippen LogP contribution in [0.5, 0.6) is 0 Å². The largest absolute Gasteiger partial charge is 0.460 e. The molecule has 0 saturated heterocycles. The maximum atomic E-state index is 11.3. The first-order chi connectivity index (χ1) is 11.7. The van der Waals surface area contributed by atoms with Crippen LogP contribution >= 0.6 is 0 Å². The van der Waals surface area contributed by atoms with Gasteiger partial charge in [0, 0.05) is 6.08 Å². The summed E-state index contributed by atoms with van der Waals surface area (Å²) in [6.07, 6.45) is 19.0. The summed E-state index contributed by atoms with van der Waals surface area (Å²) in [4.78, 5) is 11.3. The number of esters is 1. The second-order valence-electron chi connectivity index (χ2n) is 6.55. The Kier molecular flexibility index (Phi) is 17.8. The molecule has 142 valence electrons. The van der Waals surface area contributed by atoms with Crippen LogP contribution in [0, 0.1) is 0 Å².